The Labute approximate surface area is 651 Å². The highest BCUT2D eigenvalue weighted by Crippen LogP contribution is 2.62. The molecule has 4 bridgehead atoms. The molecule has 0 unspecified atom stereocenters. The van der Waals surface area contributed by atoms with Gasteiger partial charge in [-0.1, -0.05) is 119 Å². The number of aliphatic hydroxyl groups is 4. The number of aliphatic hydroxyl groups excluding tert-OH is 4. The molecule has 8 aliphatic rings. The molecule has 0 radical (unpaired) electrons. The summed E-state index contributed by atoms with van der Waals surface area (Å²) in [5.74, 6) is 1.16. The lowest BCUT2D eigenvalue weighted by molar-refractivity contribution is -0.183. The van der Waals surface area contributed by atoms with Crippen molar-refractivity contribution >= 4 is 35.1 Å². The number of nitrogens with zero attached hydrogens (tertiary/aromatic N) is 6. The maximum Gasteiger partial charge on any atom is 0.335 e. The van der Waals surface area contributed by atoms with Crippen molar-refractivity contribution in [2.24, 2.45) is 74.7 Å². The SMILES string of the molecule is CN(C)C[C@@H](N)CC(C)(C)C.COc1c(CN2O[C@@H](CO)[C@@H]([C@H](C)O)[C@H]2C(=O)N[C@H]2C[C@H]3C[C@@H]([C@@H]2C)C3(C)C)cccc1-c1cc(C(=O)N[C@H](CN(C)C)CC(C)(C)C)cc(N(C)C)c1.COc1c(CN2O[C@@H](CO)[C@@H]([C@H](C)O)[C@H]2C(=O)N[C@H]2C[C@H]3C[C@@H]([C@@H]2C)C3(C)C)cccc1-c1cc(C(=O)O)cc(N(C)C)c1. The van der Waals surface area contributed by atoms with Crippen LogP contribution in [0.5, 0.6) is 11.5 Å². The van der Waals surface area contributed by atoms with Crippen LogP contribution in [0.3, 0.4) is 0 Å². The molecular weight excluding hydrogens is 1380 g/mol. The highest BCUT2D eigenvalue weighted by Gasteiger charge is 2.59. The van der Waals surface area contributed by atoms with E-state index in [1.807, 2.05) is 113 Å². The molecule has 0 aromatic heterocycles. The van der Waals surface area contributed by atoms with E-state index in [2.05, 4.69) is 123 Å². The Morgan fingerprint density at radius 3 is 1.32 bits per heavy atom. The average Bonchev–Trinajstić information content (AvgIpc) is 1.04. The van der Waals surface area contributed by atoms with E-state index in [0.29, 0.717) is 80.7 Å². The van der Waals surface area contributed by atoms with E-state index in [4.69, 9.17) is 24.9 Å². The van der Waals surface area contributed by atoms with Crippen LogP contribution in [0, 0.1) is 69.0 Å². The van der Waals surface area contributed by atoms with Gasteiger partial charge >= 0.3 is 5.97 Å². The average molecular weight is 1520 g/mol. The van der Waals surface area contributed by atoms with Gasteiger partial charge in [0.05, 0.1) is 58.3 Å². The van der Waals surface area contributed by atoms with Crippen LogP contribution in [-0.4, -0.2) is 227 Å². The van der Waals surface area contributed by atoms with Crippen LogP contribution in [-0.2, 0) is 32.4 Å². The standard InChI is InChI=1S/C43H67N5O6.C34H47N3O7.C9H22N2/c1-25-34-19-30(43(34,6)7)20-35(25)45-41(52)38-37(26(2)50)36(24-49)54-48(38)22-27-14-13-15-33(39(27)53-12)28-16-29(18-32(17-28)47(10)11)40(51)44-31(23-46(8)9)21-42(3,4)5;1-18-26-14-23(34(26,3)4)15-27(18)35-32(40)30-29(19(2)39)28(17-38)44-37(30)16-20-9-8-10-25(31(20)43-7)21-11-22(33(41)42)13-24(12-21)36(5)6;1-9(2,3)6-8(10)7-11(4)5/h13-18,25-26,30-31,34-38,49-50H,19-24H2,1-12H3,(H,44,51)(H,45,52);8-13,18-19,23,26-30,38-39H,14-17H2,1-7H3,(H,35,40)(H,41,42);8H,6-7,10H2,1-5H3/t25-,26-,30+,31-,34-,35-,36-,37+,38-;18-,19-,23+,26-,27-,28-,29+,30-;8-/m000/s1. The third-order valence-electron chi connectivity index (χ3n) is 24.6. The molecule has 608 valence electrons. The second-order valence-corrected chi connectivity index (χ2v) is 37.1. The topological polar surface area (TPSA) is 288 Å². The van der Waals surface area contributed by atoms with Gasteiger partial charge in [0.25, 0.3) is 5.91 Å². The van der Waals surface area contributed by atoms with E-state index in [1.54, 1.807) is 50.3 Å². The number of hydrogen-bond donors (Lipinski definition) is 9. The number of likely N-dealkylation sites (N-methyl/N-ethyl adjacent to an activating group) is 2. The maximum absolute atomic E-state index is 14.3. The summed E-state index contributed by atoms with van der Waals surface area (Å²) in [6, 6.07) is 21.1. The first kappa shape index (κ1) is 88.1. The van der Waals surface area contributed by atoms with Crippen molar-refractivity contribution in [3.05, 3.63) is 95.1 Å². The molecule has 12 rings (SSSR count). The number of methoxy groups -OCH3 is 2. The lowest BCUT2D eigenvalue weighted by Gasteiger charge is -2.62. The van der Waals surface area contributed by atoms with Crippen LogP contribution in [0.25, 0.3) is 22.3 Å². The van der Waals surface area contributed by atoms with Gasteiger partial charge < -0.3 is 76.3 Å². The van der Waals surface area contributed by atoms with E-state index >= 15 is 0 Å². The Kier molecular flexibility index (Phi) is 29.2. The highest BCUT2D eigenvalue weighted by molar-refractivity contribution is 5.97. The van der Waals surface area contributed by atoms with Crippen molar-refractivity contribution in [2.45, 2.75) is 209 Å². The number of amides is 3. The van der Waals surface area contributed by atoms with E-state index in [1.165, 1.54) is 12.8 Å². The maximum atomic E-state index is 14.3. The number of para-hydroxylation sites is 2. The van der Waals surface area contributed by atoms with Crippen molar-refractivity contribution in [3.63, 3.8) is 0 Å². The molecule has 10 N–H and O–H groups in total. The summed E-state index contributed by atoms with van der Waals surface area (Å²) in [4.78, 5) is 74.7. The molecule has 0 spiro atoms. The highest BCUT2D eigenvalue weighted by atomic mass is 16.7. The van der Waals surface area contributed by atoms with Crippen molar-refractivity contribution in [1.29, 1.82) is 0 Å². The fourth-order valence-corrected chi connectivity index (χ4v) is 18.9. The number of hydrogen-bond acceptors (Lipinski definition) is 19. The van der Waals surface area contributed by atoms with Crippen molar-refractivity contribution in [1.82, 2.24) is 35.9 Å². The first-order chi connectivity index (χ1) is 50.8. The lowest BCUT2D eigenvalue weighted by Crippen LogP contribution is -2.62. The zero-order valence-electron chi connectivity index (χ0n) is 70.1. The van der Waals surface area contributed by atoms with Crippen molar-refractivity contribution < 1.29 is 63.9 Å². The van der Waals surface area contributed by atoms with Crippen LogP contribution >= 0.6 is 0 Å². The third kappa shape index (κ3) is 20.9. The van der Waals surface area contributed by atoms with E-state index in [0.717, 1.165) is 66.8 Å². The van der Waals surface area contributed by atoms with Crippen LogP contribution < -0.4 is 41.0 Å². The van der Waals surface area contributed by atoms with Gasteiger partial charge in [-0.05, 0) is 185 Å². The van der Waals surface area contributed by atoms with Crippen LogP contribution in [0.4, 0.5) is 11.4 Å². The number of nitrogens with one attached hydrogen (secondary N) is 3. The van der Waals surface area contributed by atoms with Crippen LogP contribution in [0.2, 0.25) is 0 Å². The Hall–Kier alpha value is -6.48. The summed E-state index contributed by atoms with van der Waals surface area (Å²) in [5.41, 5.74) is 13.6. The zero-order valence-corrected chi connectivity index (χ0v) is 70.1. The number of nitrogens with two attached hydrogens (primary N) is 1. The van der Waals surface area contributed by atoms with Crippen LogP contribution in [0.1, 0.15) is 167 Å². The number of carbonyl (C=O) groups is 4. The summed E-state index contributed by atoms with van der Waals surface area (Å²) in [5, 5.41) is 65.2. The quantitative estimate of drug-likeness (QED) is 0.0268. The molecule has 8 fully saturated rings. The number of carboxylic acid groups (broad SMARTS) is 1. The molecule has 2 heterocycles. The first-order valence-electron chi connectivity index (χ1n) is 39.5. The largest absolute Gasteiger partial charge is 0.496 e. The van der Waals surface area contributed by atoms with E-state index in [9.17, 15) is 44.7 Å². The van der Waals surface area contributed by atoms with Gasteiger partial charge in [-0.25, -0.2) is 4.79 Å². The number of rotatable bonds is 27. The van der Waals surface area contributed by atoms with E-state index < -0.39 is 54.3 Å². The smallest absolute Gasteiger partial charge is 0.335 e. The number of ether oxygens (including phenoxy) is 2. The molecule has 3 amide bonds. The summed E-state index contributed by atoms with van der Waals surface area (Å²) in [6.45, 7) is 31.6. The minimum absolute atomic E-state index is 0.0329. The second kappa shape index (κ2) is 36.1. The number of anilines is 2. The number of carbonyl (C=O) groups excluding carboxylic acids is 3. The summed E-state index contributed by atoms with van der Waals surface area (Å²) >= 11 is 0. The van der Waals surface area contributed by atoms with Gasteiger partial charge in [-0.15, -0.1) is 0 Å². The molecule has 6 saturated carbocycles. The fraction of sp³-hybridized carbons (Fsp3) is 0.674. The Morgan fingerprint density at radius 2 is 0.991 bits per heavy atom. The first-order valence-corrected chi connectivity index (χ1v) is 39.5. The minimum Gasteiger partial charge on any atom is -0.496 e. The van der Waals surface area contributed by atoms with Crippen molar-refractivity contribution in [2.75, 3.05) is 107 Å². The molecule has 4 aromatic carbocycles. The molecule has 23 heteroatoms. The number of hydroxylamine groups is 4. The van der Waals surface area contributed by atoms with Gasteiger partial charge in [0.15, 0.2) is 0 Å². The minimum atomic E-state index is -1.03. The molecular formula is C86H136N10O13. The fourth-order valence-electron chi connectivity index (χ4n) is 18.9. The predicted octanol–water partition coefficient (Wildman–Crippen LogP) is 10.3. The number of benzene rings is 4. The summed E-state index contributed by atoms with van der Waals surface area (Å²) < 4.78 is 12.0. The number of aromatic carboxylic acids is 1. The van der Waals surface area contributed by atoms with Gasteiger partial charge in [0, 0.05) is 116 Å². The Bertz CT molecular complexity index is 3740. The van der Waals surface area contributed by atoms with E-state index in [-0.39, 0.29) is 84.0 Å². The Morgan fingerprint density at radius 1 is 0.596 bits per heavy atom. The molecule has 2 saturated heterocycles. The lowest BCUT2D eigenvalue weighted by atomic mass is 9.45. The molecule has 23 nitrogen and oxygen atoms in total. The molecule has 2 aliphatic heterocycles. The number of fused-ring (bicyclic) bond motifs is 4. The van der Waals surface area contributed by atoms with Crippen LogP contribution in [0.15, 0.2) is 72.8 Å². The van der Waals surface area contributed by atoms with Crippen molar-refractivity contribution in [3.8, 4) is 33.8 Å². The van der Waals surface area contributed by atoms with Gasteiger partial charge in [0.2, 0.25) is 11.8 Å². The second-order valence-electron chi connectivity index (χ2n) is 37.1. The van der Waals surface area contributed by atoms with Gasteiger partial charge in [-0.3, -0.25) is 24.1 Å². The normalized spacial score (nSPS) is 27.3. The molecule has 6 aliphatic carbocycles. The number of carboxylic acids is 1. The molecule has 4 aromatic rings. The molecule has 18 atom stereocenters. The third-order valence-corrected chi connectivity index (χ3v) is 24.6. The zero-order chi connectivity index (χ0) is 81.0. The summed E-state index contributed by atoms with van der Waals surface area (Å²) in [6.07, 6.45) is 2.87. The van der Waals surface area contributed by atoms with Gasteiger partial charge in [-0.2, -0.15) is 10.1 Å². The molecule has 109 heavy (non-hydrogen) atoms. The predicted molar refractivity (Wildman–Crippen MR) is 432 cm³/mol. The monoisotopic (exact) mass is 1520 g/mol. The Balaban J connectivity index is 0.000000244. The summed E-state index contributed by atoms with van der Waals surface area (Å²) in [7, 11) is 18.9. The van der Waals surface area contributed by atoms with Gasteiger partial charge in [0.1, 0.15) is 35.8 Å².